The van der Waals surface area contributed by atoms with Gasteiger partial charge < -0.3 is 10.4 Å². The molecule has 2 amide bonds. The summed E-state index contributed by atoms with van der Waals surface area (Å²) in [4.78, 5) is 30.4. The molecular weight excluding hydrogens is 458 g/mol. The van der Waals surface area contributed by atoms with Crippen molar-refractivity contribution in [2.45, 2.75) is 39.3 Å². The summed E-state index contributed by atoms with van der Waals surface area (Å²) in [7, 11) is 0. The van der Waals surface area contributed by atoms with E-state index in [1.807, 2.05) is 56.7 Å². The molecule has 0 fully saturated rings. The Morgan fingerprint density at radius 1 is 1.15 bits per heavy atom. The first-order valence-corrected chi connectivity index (χ1v) is 12.1. The highest BCUT2D eigenvalue weighted by atomic mass is 32.1. The molecule has 0 saturated carbocycles. The minimum atomic E-state index is -0.535. The molecule has 10 heteroatoms. The van der Waals surface area contributed by atoms with E-state index in [0.717, 1.165) is 11.1 Å². The monoisotopic (exact) mass is 483 g/mol. The Kier molecular flexibility index (Phi) is 6.33. The molecule has 1 aromatic carbocycles. The van der Waals surface area contributed by atoms with Gasteiger partial charge in [0.15, 0.2) is 16.5 Å². The molecule has 3 N–H and O–H groups in total. The van der Waals surface area contributed by atoms with Gasteiger partial charge in [-0.3, -0.25) is 14.9 Å². The maximum atomic E-state index is 13.1. The lowest BCUT2D eigenvalue weighted by Gasteiger charge is -2.19. The first-order valence-electron chi connectivity index (χ1n) is 10.4. The number of carbonyl (C=O) groups is 2. The second-order valence-electron chi connectivity index (χ2n) is 8.69. The van der Waals surface area contributed by atoms with Gasteiger partial charge in [-0.15, -0.1) is 0 Å². The second-order valence-corrected chi connectivity index (χ2v) is 10.5. The van der Waals surface area contributed by atoms with Crippen molar-refractivity contribution in [2.24, 2.45) is 0 Å². The highest BCUT2D eigenvalue weighted by molar-refractivity contribution is 7.22. The van der Waals surface area contributed by atoms with Gasteiger partial charge in [-0.1, -0.05) is 29.0 Å². The predicted molar refractivity (Wildman–Crippen MR) is 131 cm³/mol. The summed E-state index contributed by atoms with van der Waals surface area (Å²) in [6.07, 6.45) is 0. The molecule has 0 aliphatic heterocycles. The van der Waals surface area contributed by atoms with Crippen molar-refractivity contribution < 1.29 is 14.7 Å². The average Bonchev–Trinajstić information content (AvgIpc) is 3.48. The number of hydrogen-bond acceptors (Lipinski definition) is 7. The number of amides is 2. The molecule has 0 aliphatic rings. The van der Waals surface area contributed by atoms with Crippen LogP contribution in [0.1, 0.15) is 58.8 Å². The fourth-order valence-electron chi connectivity index (χ4n) is 3.28. The van der Waals surface area contributed by atoms with Gasteiger partial charge >= 0.3 is 0 Å². The number of thiazole rings is 1. The number of thiophene rings is 1. The van der Waals surface area contributed by atoms with Crippen molar-refractivity contribution in [3.05, 3.63) is 63.5 Å². The van der Waals surface area contributed by atoms with Gasteiger partial charge in [-0.25, -0.2) is 4.68 Å². The van der Waals surface area contributed by atoms with Gasteiger partial charge in [0.2, 0.25) is 0 Å². The molecule has 8 nitrogen and oxygen atoms in total. The Labute approximate surface area is 199 Å². The van der Waals surface area contributed by atoms with Gasteiger partial charge in [0.1, 0.15) is 4.70 Å². The molecule has 3 aromatic heterocycles. The van der Waals surface area contributed by atoms with Crippen molar-refractivity contribution >= 4 is 50.0 Å². The van der Waals surface area contributed by atoms with E-state index in [4.69, 9.17) is 0 Å². The number of hydrogen-bond donors (Lipinski definition) is 3. The van der Waals surface area contributed by atoms with E-state index < -0.39 is 17.5 Å². The summed E-state index contributed by atoms with van der Waals surface area (Å²) >= 11 is 2.69. The molecule has 0 spiro atoms. The Balaban J connectivity index is 1.66. The van der Waals surface area contributed by atoms with Gasteiger partial charge in [-0.2, -0.15) is 21.4 Å². The highest BCUT2D eigenvalue weighted by Gasteiger charge is 2.28. The number of nitrogens with zero attached hydrogens (tertiary/aromatic N) is 3. The third kappa shape index (κ3) is 4.82. The normalized spacial score (nSPS) is 12.6. The van der Waals surface area contributed by atoms with Gasteiger partial charge in [0, 0.05) is 5.56 Å². The minimum absolute atomic E-state index is 0.210. The number of aromatic nitrogens is 3. The quantitative estimate of drug-likeness (QED) is 0.378. The molecule has 0 unspecified atom stereocenters. The standard InChI is InChI=1S/C23H25N5O3S2/c1-13-5-7-14(8-6-13)20(30)26-22-25-19-18(33-22)17(27-28(19)23(2,3)4)21(31)24-16(11-29)15-9-10-32-12-15/h5-10,12,16,29H,11H2,1-4H3,(H,24,31)(H,25,26,30)/t16-/m1/s1. The number of nitrogens with one attached hydrogen (secondary N) is 2. The number of benzene rings is 1. The first-order chi connectivity index (χ1) is 15.7. The van der Waals surface area contributed by atoms with Crippen LogP contribution in [0.15, 0.2) is 41.1 Å². The molecule has 172 valence electrons. The van der Waals surface area contributed by atoms with Crippen molar-refractivity contribution in [1.29, 1.82) is 0 Å². The molecule has 0 radical (unpaired) electrons. The van der Waals surface area contributed by atoms with Crippen molar-refractivity contribution in [3.63, 3.8) is 0 Å². The van der Waals surface area contributed by atoms with Crippen molar-refractivity contribution in [3.8, 4) is 0 Å². The topological polar surface area (TPSA) is 109 Å². The van der Waals surface area contributed by atoms with Crippen molar-refractivity contribution in [2.75, 3.05) is 11.9 Å². The van der Waals surface area contributed by atoms with E-state index in [0.29, 0.717) is 21.0 Å². The summed E-state index contributed by atoms with van der Waals surface area (Å²) in [5.41, 5.74) is 2.72. The van der Waals surface area contributed by atoms with Crippen LogP contribution in [0.25, 0.3) is 10.3 Å². The molecule has 0 bridgehead atoms. The minimum Gasteiger partial charge on any atom is -0.394 e. The number of aliphatic hydroxyl groups excluding tert-OH is 1. The summed E-state index contributed by atoms with van der Waals surface area (Å²) in [5, 5.41) is 24.2. The Morgan fingerprint density at radius 2 is 1.88 bits per heavy atom. The van der Waals surface area contributed by atoms with E-state index in [2.05, 4.69) is 20.7 Å². The predicted octanol–water partition coefficient (Wildman–Crippen LogP) is 4.33. The average molecular weight is 484 g/mol. The zero-order valence-corrected chi connectivity index (χ0v) is 20.4. The zero-order chi connectivity index (χ0) is 23.8. The molecule has 4 aromatic rings. The number of rotatable bonds is 6. The number of aliphatic hydroxyl groups is 1. The van der Waals surface area contributed by atoms with Crippen LogP contribution in [0.5, 0.6) is 0 Å². The lowest BCUT2D eigenvalue weighted by molar-refractivity contribution is 0.0911. The van der Waals surface area contributed by atoms with Crippen LogP contribution in [-0.2, 0) is 5.54 Å². The number of anilines is 1. The summed E-state index contributed by atoms with van der Waals surface area (Å²) < 4.78 is 2.26. The Hall–Kier alpha value is -3.08. The van der Waals surface area contributed by atoms with E-state index in [-0.39, 0.29) is 18.2 Å². The third-order valence-corrected chi connectivity index (χ3v) is 6.71. The number of fused-ring (bicyclic) bond motifs is 1. The lowest BCUT2D eigenvalue weighted by atomic mass is 10.1. The van der Waals surface area contributed by atoms with Crippen molar-refractivity contribution in [1.82, 2.24) is 20.1 Å². The van der Waals surface area contributed by atoms with Crippen LogP contribution >= 0.6 is 22.7 Å². The molecular formula is C23H25N5O3S2. The number of carbonyl (C=O) groups excluding carboxylic acids is 2. The number of aryl methyl sites for hydroxylation is 1. The maximum absolute atomic E-state index is 13.1. The largest absolute Gasteiger partial charge is 0.394 e. The first kappa shape index (κ1) is 23.1. The zero-order valence-electron chi connectivity index (χ0n) is 18.7. The maximum Gasteiger partial charge on any atom is 0.273 e. The Morgan fingerprint density at radius 3 is 2.48 bits per heavy atom. The van der Waals surface area contributed by atoms with E-state index in [9.17, 15) is 14.7 Å². The molecule has 4 rings (SSSR count). The molecule has 1 atom stereocenters. The highest BCUT2D eigenvalue weighted by Crippen LogP contribution is 2.33. The summed E-state index contributed by atoms with van der Waals surface area (Å²) in [5.74, 6) is -0.682. The van der Waals surface area contributed by atoms with E-state index >= 15 is 0 Å². The van der Waals surface area contributed by atoms with E-state index in [1.54, 1.807) is 16.8 Å². The molecule has 0 aliphatic carbocycles. The molecule has 33 heavy (non-hydrogen) atoms. The van der Waals surface area contributed by atoms with Crippen LogP contribution in [-0.4, -0.2) is 38.3 Å². The van der Waals surface area contributed by atoms with Gasteiger partial charge in [-0.05, 0) is 62.2 Å². The fraction of sp³-hybridized carbons (Fsp3) is 0.304. The van der Waals surface area contributed by atoms with Crippen LogP contribution in [0.4, 0.5) is 5.13 Å². The van der Waals surface area contributed by atoms with Crippen LogP contribution in [0, 0.1) is 6.92 Å². The SMILES string of the molecule is Cc1ccc(C(=O)Nc2nc3c(s2)c(C(=O)N[C@H](CO)c2ccsc2)nn3C(C)(C)C)cc1. The second kappa shape index (κ2) is 9.05. The Bertz CT molecular complexity index is 1280. The molecule has 0 saturated heterocycles. The van der Waals surface area contributed by atoms with Crippen LogP contribution in [0.3, 0.4) is 0 Å². The third-order valence-electron chi connectivity index (χ3n) is 5.04. The van der Waals surface area contributed by atoms with E-state index in [1.165, 1.54) is 22.7 Å². The smallest absolute Gasteiger partial charge is 0.273 e. The summed E-state index contributed by atoms with van der Waals surface area (Å²) in [6, 6.07) is 8.59. The summed E-state index contributed by atoms with van der Waals surface area (Å²) in [6.45, 7) is 7.62. The van der Waals surface area contributed by atoms with Crippen LogP contribution in [0.2, 0.25) is 0 Å². The van der Waals surface area contributed by atoms with Crippen LogP contribution < -0.4 is 10.6 Å². The lowest BCUT2D eigenvalue weighted by Crippen LogP contribution is -2.31. The molecule has 3 heterocycles. The van der Waals surface area contributed by atoms with Gasteiger partial charge in [0.25, 0.3) is 11.8 Å². The fourth-order valence-corrected chi connectivity index (χ4v) is 4.92. The van der Waals surface area contributed by atoms with Gasteiger partial charge in [0.05, 0.1) is 18.2 Å².